The molecule has 0 aromatic heterocycles. The number of benzene rings is 2. The highest BCUT2D eigenvalue weighted by molar-refractivity contribution is 5.88. The van der Waals surface area contributed by atoms with E-state index >= 15 is 0 Å². The van der Waals surface area contributed by atoms with Gasteiger partial charge in [0.05, 0.1) is 18.5 Å². The summed E-state index contributed by atoms with van der Waals surface area (Å²) in [7, 11) is 0. The second-order valence-corrected chi connectivity index (χ2v) is 9.36. The van der Waals surface area contributed by atoms with Crippen molar-refractivity contribution in [1.82, 2.24) is 4.90 Å². The van der Waals surface area contributed by atoms with Gasteiger partial charge in [0.1, 0.15) is 0 Å². The molecule has 1 aliphatic rings. The predicted molar refractivity (Wildman–Crippen MR) is 141 cm³/mol. The Bertz CT molecular complexity index is 1070. The van der Waals surface area contributed by atoms with Crippen molar-refractivity contribution in [2.75, 3.05) is 19.6 Å². The number of carboxylic acid groups (broad SMARTS) is 3. The first kappa shape index (κ1) is 30.3. The molecule has 0 spiro atoms. The number of carbonyl (C=O) groups is 3. The summed E-state index contributed by atoms with van der Waals surface area (Å²) >= 11 is 0. The second-order valence-electron chi connectivity index (χ2n) is 9.36. The Labute approximate surface area is 221 Å². The molecule has 4 N–H and O–H groups in total. The number of allylic oxidation sites excluding steroid dienone is 1. The van der Waals surface area contributed by atoms with Crippen molar-refractivity contribution >= 4 is 17.9 Å². The standard InChI is InChI=1S/C22H26N2O.C6H8O7/c1-18(23-25)22(20-10-6-3-7-11-20)21-13-16-24(17-14-21)15-12-19-8-4-2-5-9-19;7-3(8)1-6(13,5(11)12)2-4(9)10/h2-11,21-22H,1,12-17H2;13H,1-2H2,(H,7,8)(H,9,10)(H,11,12). The number of piperidine rings is 1. The number of aliphatic carboxylic acids is 3. The van der Waals surface area contributed by atoms with Crippen LogP contribution >= 0.6 is 0 Å². The normalized spacial score (nSPS) is 15.0. The van der Waals surface area contributed by atoms with Crippen LogP contribution in [0, 0.1) is 10.8 Å². The van der Waals surface area contributed by atoms with E-state index in [2.05, 4.69) is 59.1 Å². The van der Waals surface area contributed by atoms with E-state index in [-0.39, 0.29) is 5.92 Å². The third-order valence-corrected chi connectivity index (χ3v) is 6.58. The summed E-state index contributed by atoms with van der Waals surface area (Å²) in [6.07, 6.45) is 0.977. The summed E-state index contributed by atoms with van der Waals surface area (Å²) in [5.74, 6) is -4.52. The van der Waals surface area contributed by atoms with Gasteiger partial charge in [-0.25, -0.2) is 4.79 Å². The van der Waals surface area contributed by atoms with E-state index in [1.807, 2.05) is 18.2 Å². The molecule has 1 unspecified atom stereocenters. The molecule has 2 aromatic rings. The van der Waals surface area contributed by atoms with Crippen LogP contribution < -0.4 is 0 Å². The van der Waals surface area contributed by atoms with E-state index in [4.69, 9.17) is 20.4 Å². The molecule has 0 aliphatic carbocycles. The maximum absolute atomic E-state index is 11.1. The van der Waals surface area contributed by atoms with Crippen molar-refractivity contribution in [3.05, 3.63) is 89.0 Å². The van der Waals surface area contributed by atoms with Crippen LogP contribution in [0.25, 0.3) is 0 Å². The summed E-state index contributed by atoms with van der Waals surface area (Å²) in [6.45, 7) is 7.18. The molecule has 1 atom stereocenters. The molecule has 0 saturated carbocycles. The number of hydrogen-bond acceptors (Lipinski definition) is 7. The van der Waals surface area contributed by atoms with Crippen LogP contribution in [-0.4, -0.2) is 68.5 Å². The fraction of sp³-hybridized carbons (Fsp3) is 0.393. The van der Waals surface area contributed by atoms with Gasteiger partial charge in [-0.1, -0.05) is 67.2 Å². The number of rotatable bonds is 12. The molecular weight excluding hydrogens is 492 g/mol. The van der Waals surface area contributed by atoms with E-state index < -0.39 is 36.4 Å². The lowest BCUT2D eigenvalue weighted by Gasteiger charge is -2.36. The lowest BCUT2D eigenvalue weighted by Crippen LogP contribution is -2.42. The van der Waals surface area contributed by atoms with Gasteiger partial charge in [0.15, 0.2) is 5.60 Å². The fourth-order valence-electron chi connectivity index (χ4n) is 4.61. The van der Waals surface area contributed by atoms with Crippen molar-refractivity contribution in [3.8, 4) is 0 Å². The van der Waals surface area contributed by atoms with E-state index in [9.17, 15) is 19.3 Å². The van der Waals surface area contributed by atoms with Gasteiger partial charge in [0.25, 0.3) is 0 Å². The molecule has 1 fully saturated rings. The highest BCUT2D eigenvalue weighted by Crippen LogP contribution is 2.37. The largest absolute Gasteiger partial charge is 0.481 e. The predicted octanol–water partition coefficient (Wildman–Crippen LogP) is 3.76. The van der Waals surface area contributed by atoms with E-state index in [0.717, 1.165) is 44.5 Å². The molecule has 10 heteroatoms. The van der Waals surface area contributed by atoms with Gasteiger partial charge in [-0.2, -0.15) is 0 Å². The average Bonchev–Trinajstić information content (AvgIpc) is 2.89. The minimum atomic E-state index is -2.74. The Morgan fingerprint density at radius 1 is 0.921 bits per heavy atom. The van der Waals surface area contributed by atoms with E-state index in [1.54, 1.807) is 0 Å². The molecule has 3 rings (SSSR count). The van der Waals surface area contributed by atoms with Crippen LogP contribution in [0.5, 0.6) is 0 Å². The van der Waals surface area contributed by atoms with E-state index in [0.29, 0.717) is 11.6 Å². The van der Waals surface area contributed by atoms with Gasteiger partial charge in [-0.05, 0) is 54.6 Å². The van der Waals surface area contributed by atoms with Crippen molar-refractivity contribution < 1.29 is 34.8 Å². The molecule has 0 bridgehead atoms. The topological polar surface area (TPSA) is 165 Å². The zero-order valence-electron chi connectivity index (χ0n) is 21.1. The Morgan fingerprint density at radius 2 is 1.42 bits per heavy atom. The Kier molecular flexibility index (Phi) is 11.8. The van der Waals surface area contributed by atoms with Crippen LogP contribution in [-0.2, 0) is 20.8 Å². The average molecular weight is 527 g/mol. The summed E-state index contributed by atoms with van der Waals surface area (Å²) in [4.78, 5) is 44.1. The van der Waals surface area contributed by atoms with Gasteiger partial charge >= 0.3 is 17.9 Å². The Hall–Kier alpha value is -3.89. The molecule has 1 saturated heterocycles. The third-order valence-electron chi connectivity index (χ3n) is 6.58. The van der Waals surface area contributed by atoms with E-state index in [1.165, 1.54) is 5.56 Å². The lowest BCUT2D eigenvalue weighted by molar-refractivity contribution is -0.170. The van der Waals surface area contributed by atoms with Crippen LogP contribution in [0.2, 0.25) is 0 Å². The monoisotopic (exact) mass is 526 g/mol. The van der Waals surface area contributed by atoms with Crippen LogP contribution in [0.3, 0.4) is 0 Å². The first-order valence-corrected chi connectivity index (χ1v) is 12.3. The molecule has 0 amide bonds. The van der Waals surface area contributed by atoms with Gasteiger partial charge in [0, 0.05) is 12.5 Å². The van der Waals surface area contributed by atoms with Crippen molar-refractivity contribution in [1.29, 1.82) is 0 Å². The van der Waals surface area contributed by atoms with Crippen molar-refractivity contribution in [2.45, 2.75) is 43.6 Å². The maximum atomic E-state index is 11.1. The van der Waals surface area contributed by atoms with Crippen LogP contribution in [0.15, 0.2) is 78.1 Å². The summed E-state index contributed by atoms with van der Waals surface area (Å²) in [6, 6.07) is 20.9. The zero-order valence-corrected chi connectivity index (χ0v) is 21.1. The van der Waals surface area contributed by atoms with Crippen LogP contribution in [0.4, 0.5) is 0 Å². The molecule has 38 heavy (non-hydrogen) atoms. The number of nitrogens with zero attached hydrogens (tertiary/aromatic N) is 2. The molecule has 0 radical (unpaired) electrons. The number of hydrogen-bond donors (Lipinski definition) is 4. The third kappa shape index (κ3) is 9.53. The minimum Gasteiger partial charge on any atom is -0.481 e. The number of carboxylic acids is 3. The number of likely N-dealkylation sites (tertiary alicyclic amines) is 1. The lowest BCUT2D eigenvalue weighted by atomic mass is 9.78. The number of aliphatic hydroxyl groups is 1. The van der Waals surface area contributed by atoms with Crippen molar-refractivity contribution in [3.63, 3.8) is 0 Å². The van der Waals surface area contributed by atoms with Crippen molar-refractivity contribution in [2.24, 2.45) is 11.1 Å². The first-order chi connectivity index (χ1) is 18.1. The first-order valence-electron chi connectivity index (χ1n) is 12.3. The molecule has 204 valence electrons. The van der Waals surface area contributed by atoms with Gasteiger partial charge in [-0.15, -0.1) is 4.91 Å². The smallest absolute Gasteiger partial charge is 0.336 e. The van der Waals surface area contributed by atoms with Gasteiger partial charge in [0.2, 0.25) is 0 Å². The molecule has 2 aromatic carbocycles. The quantitative estimate of drug-likeness (QED) is 0.301. The molecule has 1 heterocycles. The SMILES string of the molecule is C=C(N=O)C(c1ccccc1)C1CCN(CCc2ccccc2)CC1.O=C(O)CC(O)(CC(=O)O)C(=O)O. The maximum Gasteiger partial charge on any atom is 0.336 e. The summed E-state index contributed by atoms with van der Waals surface area (Å²) < 4.78 is 0. The Balaban J connectivity index is 0.000000332. The summed E-state index contributed by atoms with van der Waals surface area (Å²) in [5.41, 5.74) is 0.284. The highest BCUT2D eigenvalue weighted by Gasteiger charge is 2.40. The van der Waals surface area contributed by atoms with Crippen LogP contribution in [0.1, 0.15) is 42.7 Å². The molecule has 10 nitrogen and oxygen atoms in total. The van der Waals surface area contributed by atoms with Gasteiger partial charge < -0.3 is 25.3 Å². The van der Waals surface area contributed by atoms with Gasteiger partial charge in [-0.3, -0.25) is 9.59 Å². The Morgan fingerprint density at radius 3 is 1.87 bits per heavy atom. The summed E-state index contributed by atoms with van der Waals surface area (Å²) in [5, 5.41) is 37.0. The minimum absolute atomic E-state index is 0.0509. The molecular formula is C28H34N2O8. The zero-order chi connectivity index (χ0) is 28.1. The second kappa shape index (κ2) is 14.7. The fourth-order valence-corrected chi connectivity index (χ4v) is 4.61. The highest BCUT2D eigenvalue weighted by atomic mass is 16.4. The number of nitroso groups, excluding NO2 is 1. The molecule has 1 aliphatic heterocycles.